The van der Waals surface area contributed by atoms with Crippen molar-refractivity contribution in [3.8, 4) is 0 Å². The summed E-state index contributed by atoms with van der Waals surface area (Å²) in [4.78, 5) is 35.6. The van der Waals surface area contributed by atoms with Gasteiger partial charge in [-0.25, -0.2) is 0 Å². The van der Waals surface area contributed by atoms with Crippen molar-refractivity contribution in [3.63, 3.8) is 0 Å². The van der Waals surface area contributed by atoms with Crippen LogP contribution in [0.25, 0.3) is 0 Å². The first-order chi connectivity index (χ1) is 22.0. The van der Waals surface area contributed by atoms with Gasteiger partial charge in [-0.3, -0.25) is 14.4 Å². The minimum Gasteiger partial charge on any atom is -0.462 e. The summed E-state index contributed by atoms with van der Waals surface area (Å²) >= 11 is 1.42. The van der Waals surface area contributed by atoms with Crippen LogP contribution in [-0.4, -0.2) is 48.5 Å². The Hall–Kier alpha value is -1.08. The molecular formula is C38H72NO5S. The molecule has 0 amide bonds. The molecule has 0 aliphatic heterocycles. The summed E-state index contributed by atoms with van der Waals surface area (Å²) in [6, 6.07) is -0.671. The molecule has 0 saturated carbocycles. The number of esters is 2. The number of hydrogen-bond acceptors (Lipinski definition) is 7. The van der Waals surface area contributed by atoms with E-state index in [0.717, 1.165) is 38.5 Å². The van der Waals surface area contributed by atoms with Gasteiger partial charge in [0, 0.05) is 24.3 Å². The smallest absolute Gasteiger partial charge is 0.306 e. The van der Waals surface area contributed by atoms with E-state index in [2.05, 4.69) is 13.8 Å². The number of carbonyl (C=O) groups excluding carboxylic acids is 3. The van der Waals surface area contributed by atoms with Gasteiger partial charge in [0.15, 0.2) is 0 Å². The average molecular weight is 655 g/mol. The van der Waals surface area contributed by atoms with Gasteiger partial charge in [-0.05, 0) is 12.8 Å². The zero-order valence-electron chi connectivity index (χ0n) is 29.6. The zero-order chi connectivity index (χ0) is 33.1. The van der Waals surface area contributed by atoms with E-state index in [1.165, 1.54) is 140 Å². The molecule has 7 heteroatoms. The van der Waals surface area contributed by atoms with Crippen LogP contribution in [0.2, 0.25) is 0 Å². The summed E-state index contributed by atoms with van der Waals surface area (Å²) in [7, 11) is 0. The van der Waals surface area contributed by atoms with Crippen LogP contribution in [0.1, 0.15) is 194 Å². The van der Waals surface area contributed by atoms with Crippen LogP contribution in [0.3, 0.4) is 0 Å². The maximum absolute atomic E-state index is 12.5. The molecule has 0 aromatic heterocycles. The van der Waals surface area contributed by atoms with E-state index in [1.807, 2.05) is 0 Å². The molecule has 0 aromatic rings. The lowest BCUT2D eigenvalue weighted by Crippen LogP contribution is -2.29. The van der Waals surface area contributed by atoms with Gasteiger partial charge in [0.2, 0.25) is 6.29 Å². The fraction of sp³-hybridized carbons (Fsp3) is 0.921. The summed E-state index contributed by atoms with van der Waals surface area (Å²) in [6.07, 6.45) is 34.8. The molecule has 0 fully saturated rings. The molecule has 0 bridgehead atoms. The lowest BCUT2D eigenvalue weighted by molar-refractivity contribution is -0.157. The van der Waals surface area contributed by atoms with Crippen molar-refractivity contribution < 1.29 is 23.9 Å². The Morgan fingerprint density at radius 3 is 1.29 bits per heavy atom. The standard InChI is InChI=1S/C38H72NO5S/c1-3-5-7-9-11-13-15-17-19-21-23-25-27-29-37(41)43-32-36(34-45-33-35(39)31-40)44-38(42)30-28-26-24-22-20-18-16-14-12-10-8-6-4-2/h35-36H,3-30,32-34,39H2,1-2H3/t35-,36-/m1/s1. The topological polar surface area (TPSA) is 95.7 Å². The molecule has 0 heterocycles. The average Bonchev–Trinajstić information content (AvgIpc) is 3.04. The second-order valence-corrected chi connectivity index (χ2v) is 14.1. The maximum Gasteiger partial charge on any atom is 0.306 e. The third-order valence-electron chi connectivity index (χ3n) is 8.45. The van der Waals surface area contributed by atoms with E-state index in [0.29, 0.717) is 24.3 Å². The highest BCUT2D eigenvalue weighted by atomic mass is 32.2. The summed E-state index contributed by atoms with van der Waals surface area (Å²) in [5, 5.41) is 0. The fourth-order valence-corrected chi connectivity index (χ4v) is 6.44. The largest absolute Gasteiger partial charge is 0.462 e. The maximum atomic E-state index is 12.5. The second-order valence-electron chi connectivity index (χ2n) is 13.0. The van der Waals surface area contributed by atoms with Gasteiger partial charge < -0.3 is 15.2 Å². The fourth-order valence-electron chi connectivity index (χ4n) is 5.55. The zero-order valence-corrected chi connectivity index (χ0v) is 30.4. The number of rotatable bonds is 36. The Balaban J connectivity index is 3.98. The van der Waals surface area contributed by atoms with Gasteiger partial charge in [0.25, 0.3) is 0 Å². The van der Waals surface area contributed by atoms with E-state index >= 15 is 0 Å². The number of unbranched alkanes of at least 4 members (excludes halogenated alkanes) is 24. The van der Waals surface area contributed by atoms with Crippen molar-refractivity contribution in [3.05, 3.63) is 0 Å². The van der Waals surface area contributed by atoms with Gasteiger partial charge in [-0.2, -0.15) is 11.8 Å². The van der Waals surface area contributed by atoms with Gasteiger partial charge >= 0.3 is 11.9 Å². The SMILES string of the molecule is CCCCCCCCCCCCCCCC(=O)OC[C@H](CSC[C@H](N)[C]=O)OC(=O)CCCCCCCCCCCCCCC. The van der Waals surface area contributed by atoms with E-state index < -0.39 is 12.1 Å². The summed E-state index contributed by atoms with van der Waals surface area (Å²) < 4.78 is 11.1. The van der Waals surface area contributed by atoms with Gasteiger partial charge in [-0.1, -0.05) is 168 Å². The Bertz CT molecular complexity index is 662. The molecule has 2 atom stereocenters. The predicted octanol–water partition coefficient (Wildman–Crippen LogP) is 10.6. The highest BCUT2D eigenvalue weighted by Crippen LogP contribution is 2.16. The Labute approximate surface area is 282 Å². The van der Waals surface area contributed by atoms with Crippen LogP contribution in [0.15, 0.2) is 0 Å². The summed E-state index contributed by atoms with van der Waals surface area (Å²) in [5.41, 5.74) is 5.65. The molecule has 0 spiro atoms. The van der Waals surface area contributed by atoms with Crippen molar-refractivity contribution in [2.45, 2.75) is 206 Å². The lowest BCUT2D eigenvalue weighted by atomic mass is 10.0. The number of ether oxygens (including phenoxy) is 2. The molecule has 0 rings (SSSR count). The first kappa shape index (κ1) is 43.9. The molecule has 0 saturated heterocycles. The highest BCUT2D eigenvalue weighted by molar-refractivity contribution is 7.99. The monoisotopic (exact) mass is 655 g/mol. The van der Waals surface area contributed by atoms with Crippen molar-refractivity contribution in [2.75, 3.05) is 18.1 Å². The quantitative estimate of drug-likeness (QED) is 0.0530. The predicted molar refractivity (Wildman–Crippen MR) is 192 cm³/mol. The van der Waals surface area contributed by atoms with Gasteiger partial charge in [0.1, 0.15) is 12.7 Å². The first-order valence-electron chi connectivity index (χ1n) is 19.1. The normalized spacial score (nSPS) is 12.6. The first-order valence-corrected chi connectivity index (χ1v) is 20.2. The van der Waals surface area contributed by atoms with Crippen molar-refractivity contribution in [2.24, 2.45) is 5.73 Å². The van der Waals surface area contributed by atoms with Crippen molar-refractivity contribution >= 4 is 30.0 Å². The van der Waals surface area contributed by atoms with Crippen LogP contribution in [0.4, 0.5) is 0 Å². The van der Waals surface area contributed by atoms with E-state index in [-0.39, 0.29) is 18.5 Å². The molecule has 2 N–H and O–H groups in total. The molecule has 0 unspecified atom stereocenters. The molecule has 0 aromatic carbocycles. The molecule has 45 heavy (non-hydrogen) atoms. The molecule has 0 aliphatic rings. The van der Waals surface area contributed by atoms with Crippen molar-refractivity contribution in [1.29, 1.82) is 0 Å². The third kappa shape index (κ3) is 34.1. The minimum atomic E-state index is -0.671. The number of hydrogen-bond donors (Lipinski definition) is 1. The van der Waals surface area contributed by atoms with Crippen LogP contribution < -0.4 is 5.73 Å². The third-order valence-corrected chi connectivity index (χ3v) is 9.65. The van der Waals surface area contributed by atoms with Crippen LogP contribution >= 0.6 is 11.8 Å². The lowest BCUT2D eigenvalue weighted by Gasteiger charge is -2.18. The molecule has 1 radical (unpaired) electrons. The second kappa shape index (κ2) is 35.8. The van der Waals surface area contributed by atoms with Crippen LogP contribution in [0, 0.1) is 0 Å². The molecule has 265 valence electrons. The number of thioether (sulfide) groups is 1. The molecule has 0 aliphatic carbocycles. The van der Waals surface area contributed by atoms with Crippen LogP contribution in [0.5, 0.6) is 0 Å². The van der Waals surface area contributed by atoms with E-state index in [4.69, 9.17) is 15.2 Å². The van der Waals surface area contributed by atoms with Gasteiger partial charge in [-0.15, -0.1) is 0 Å². The molecule has 6 nitrogen and oxygen atoms in total. The summed E-state index contributed by atoms with van der Waals surface area (Å²) in [5.74, 6) is 0.343. The van der Waals surface area contributed by atoms with Gasteiger partial charge in [0.05, 0.1) is 6.04 Å². The summed E-state index contributed by atoms with van der Waals surface area (Å²) in [6.45, 7) is 4.57. The minimum absolute atomic E-state index is 0.0503. The highest BCUT2D eigenvalue weighted by Gasteiger charge is 2.18. The van der Waals surface area contributed by atoms with E-state index in [9.17, 15) is 14.4 Å². The Morgan fingerprint density at radius 2 is 0.911 bits per heavy atom. The molecular weight excluding hydrogens is 582 g/mol. The Kier molecular flexibility index (Phi) is 34.9. The Morgan fingerprint density at radius 1 is 0.556 bits per heavy atom. The van der Waals surface area contributed by atoms with E-state index in [1.54, 1.807) is 6.29 Å². The van der Waals surface area contributed by atoms with Crippen LogP contribution in [-0.2, 0) is 23.9 Å². The number of nitrogens with two attached hydrogens (primary N) is 1. The number of carbonyl (C=O) groups is 2. The van der Waals surface area contributed by atoms with Crippen molar-refractivity contribution in [1.82, 2.24) is 0 Å².